The van der Waals surface area contributed by atoms with E-state index in [2.05, 4.69) is 5.32 Å². The van der Waals surface area contributed by atoms with Gasteiger partial charge in [-0.25, -0.2) is 0 Å². The van der Waals surface area contributed by atoms with E-state index >= 15 is 0 Å². The van der Waals surface area contributed by atoms with Crippen LogP contribution in [-0.2, 0) is 28.6 Å². The number of hydrogen-bond donors (Lipinski definition) is 1. The van der Waals surface area contributed by atoms with Gasteiger partial charge in [0.2, 0.25) is 5.91 Å². The van der Waals surface area contributed by atoms with Gasteiger partial charge in [-0.05, 0) is 19.3 Å². The summed E-state index contributed by atoms with van der Waals surface area (Å²) in [5.74, 6) is -1.55. The summed E-state index contributed by atoms with van der Waals surface area (Å²) in [5.41, 5.74) is -0.582. The topological polar surface area (TPSA) is 123 Å². The highest BCUT2D eigenvalue weighted by Gasteiger charge is 2.74. The Bertz CT molecular complexity index is 755. The molecule has 1 aliphatic heterocycles. The molecule has 1 N–H and O–H groups in total. The quantitative estimate of drug-likeness (QED) is 0.551. The van der Waals surface area contributed by atoms with Gasteiger partial charge < -0.3 is 10.1 Å². The predicted octanol–water partition coefficient (Wildman–Crippen LogP) is 0.481. The van der Waals surface area contributed by atoms with Gasteiger partial charge in [0.1, 0.15) is 18.8 Å². The van der Waals surface area contributed by atoms with Gasteiger partial charge in [-0.1, -0.05) is 20.8 Å². The van der Waals surface area contributed by atoms with E-state index in [0.29, 0.717) is 12.8 Å². The van der Waals surface area contributed by atoms with Crippen LogP contribution in [-0.4, -0.2) is 43.8 Å². The van der Waals surface area contributed by atoms with Crippen LogP contribution < -0.4 is 5.32 Å². The lowest BCUT2D eigenvalue weighted by molar-refractivity contribution is -0.156. The molecule has 1 heterocycles. The second-order valence-electron chi connectivity index (χ2n) is 7.70. The molecule has 0 radical (unpaired) electrons. The Morgan fingerprint density at radius 3 is 2.72 bits per heavy atom. The molecule has 1 saturated heterocycles. The smallest absolute Gasteiger partial charge is 0.325 e. The van der Waals surface area contributed by atoms with Crippen molar-refractivity contribution in [2.45, 2.75) is 57.0 Å². The molecule has 3 fully saturated rings. The molecule has 0 aromatic heterocycles. The number of nitrogens with one attached hydrogen (secondary N) is 1. The first-order valence-electron chi connectivity index (χ1n) is 8.40. The molecular weight excluding hydrogens is 348 g/mol. The number of amides is 1. The second-order valence-corrected chi connectivity index (χ2v) is 9.53. The minimum atomic E-state index is -3.98. The average Bonchev–Trinajstić information content (AvgIpc) is 3.13. The first-order valence-corrected chi connectivity index (χ1v) is 9.80. The molecule has 0 spiro atoms. The van der Waals surface area contributed by atoms with Gasteiger partial charge in [-0.15, -0.1) is 0 Å². The molecule has 1 amide bonds. The molecule has 3 rings (SSSR count). The molecule has 9 heteroatoms. The minimum Gasteiger partial charge on any atom is -0.458 e. The van der Waals surface area contributed by atoms with Crippen molar-refractivity contribution in [3.63, 3.8) is 0 Å². The normalized spacial score (nSPS) is 37.5. The molecule has 5 unspecified atom stereocenters. The monoisotopic (exact) mass is 370 g/mol. The third-order valence-electron chi connectivity index (χ3n) is 5.94. The number of nitriles is 1. The van der Waals surface area contributed by atoms with Gasteiger partial charge in [-0.3, -0.25) is 13.8 Å². The number of esters is 1. The zero-order valence-corrected chi connectivity index (χ0v) is 15.3. The summed E-state index contributed by atoms with van der Waals surface area (Å²) in [6.07, 6.45) is -0.239. The maximum Gasteiger partial charge on any atom is 0.325 e. The van der Waals surface area contributed by atoms with E-state index < -0.39 is 44.4 Å². The van der Waals surface area contributed by atoms with E-state index in [1.54, 1.807) is 13.8 Å². The lowest BCUT2D eigenvalue weighted by Gasteiger charge is -2.28. The Hall–Kier alpha value is -1.66. The first-order chi connectivity index (χ1) is 11.6. The third kappa shape index (κ3) is 2.54. The van der Waals surface area contributed by atoms with Gasteiger partial charge in [0.05, 0.1) is 6.07 Å². The first kappa shape index (κ1) is 18.1. The van der Waals surface area contributed by atoms with Crippen LogP contribution >= 0.6 is 0 Å². The molecule has 138 valence electrons. The molecule has 3 aliphatic rings. The maximum absolute atomic E-state index is 12.2. The van der Waals surface area contributed by atoms with Crippen LogP contribution in [0.5, 0.6) is 0 Å². The van der Waals surface area contributed by atoms with Crippen molar-refractivity contribution < 1.29 is 26.9 Å². The number of carbonyl (C=O) groups excluding carboxylic acids is 2. The zero-order valence-electron chi connectivity index (χ0n) is 14.4. The summed E-state index contributed by atoms with van der Waals surface area (Å²) >= 11 is 0. The highest BCUT2D eigenvalue weighted by Crippen LogP contribution is 2.61. The van der Waals surface area contributed by atoms with E-state index in [4.69, 9.17) is 8.92 Å². The summed E-state index contributed by atoms with van der Waals surface area (Å²) < 4.78 is 33.4. The van der Waals surface area contributed by atoms with Crippen molar-refractivity contribution in [3.05, 3.63) is 0 Å². The molecule has 2 bridgehead atoms. The molecule has 2 saturated carbocycles. The summed E-state index contributed by atoms with van der Waals surface area (Å²) in [4.78, 5) is 24.1. The van der Waals surface area contributed by atoms with Gasteiger partial charge in [-0.2, -0.15) is 13.7 Å². The fraction of sp³-hybridized carbons (Fsp3) is 0.812. The Balaban J connectivity index is 1.62. The summed E-state index contributed by atoms with van der Waals surface area (Å²) in [6, 6.07) is 1.92. The molecule has 0 aromatic carbocycles. The molecule has 5 atom stereocenters. The van der Waals surface area contributed by atoms with E-state index in [1.165, 1.54) is 0 Å². The Labute approximate surface area is 147 Å². The van der Waals surface area contributed by atoms with Crippen molar-refractivity contribution in [1.29, 1.82) is 5.26 Å². The Morgan fingerprint density at radius 2 is 2.12 bits per heavy atom. The van der Waals surface area contributed by atoms with Crippen LogP contribution in [0.2, 0.25) is 0 Å². The number of ether oxygens (including phenoxy) is 1. The number of carbonyl (C=O) groups is 2. The van der Waals surface area contributed by atoms with Gasteiger partial charge >= 0.3 is 5.97 Å². The summed E-state index contributed by atoms with van der Waals surface area (Å²) in [5, 5.41) is 11.9. The number of nitrogens with zero attached hydrogens (tertiary/aromatic N) is 1. The van der Waals surface area contributed by atoms with Crippen LogP contribution in [0.3, 0.4) is 0 Å². The van der Waals surface area contributed by atoms with Crippen LogP contribution in [0.25, 0.3) is 0 Å². The van der Waals surface area contributed by atoms with Crippen LogP contribution in [0.15, 0.2) is 0 Å². The van der Waals surface area contributed by atoms with Crippen molar-refractivity contribution in [1.82, 2.24) is 5.32 Å². The standard InChI is InChI=1S/C16H22N2O6S/c1-4-15(2,3)14(20)18-7-11(19)23-12-9-5-10-13(12)24-25(21,22)16(10,6-9)8-17/h9-10,12-13H,4-7H2,1-3H3,(H,18,20). The maximum atomic E-state index is 12.2. The summed E-state index contributed by atoms with van der Waals surface area (Å²) in [7, 11) is -3.98. The van der Waals surface area contributed by atoms with Gasteiger partial charge in [0.25, 0.3) is 10.1 Å². The lowest BCUT2D eigenvalue weighted by atomic mass is 9.85. The van der Waals surface area contributed by atoms with Crippen LogP contribution in [0, 0.1) is 28.6 Å². The van der Waals surface area contributed by atoms with Crippen molar-refractivity contribution in [2.24, 2.45) is 17.3 Å². The van der Waals surface area contributed by atoms with Crippen molar-refractivity contribution in [2.75, 3.05) is 6.54 Å². The molecular formula is C16H22N2O6S. The number of rotatable bonds is 5. The van der Waals surface area contributed by atoms with E-state index in [-0.39, 0.29) is 24.8 Å². The van der Waals surface area contributed by atoms with Crippen LogP contribution in [0.4, 0.5) is 0 Å². The molecule has 8 nitrogen and oxygen atoms in total. The SMILES string of the molecule is CCC(C)(C)C(=O)NCC(=O)OC1C2CC3C1OS(=O)(=O)C3(C#N)C2. The second kappa shape index (κ2) is 5.68. The average molecular weight is 370 g/mol. The molecule has 0 aromatic rings. The van der Waals surface area contributed by atoms with Gasteiger partial charge in [0, 0.05) is 17.3 Å². The number of fused-ring (bicyclic) bond motifs is 1. The highest BCUT2D eigenvalue weighted by molar-refractivity contribution is 7.88. The molecule has 2 aliphatic carbocycles. The van der Waals surface area contributed by atoms with Crippen molar-refractivity contribution >= 4 is 22.0 Å². The van der Waals surface area contributed by atoms with Crippen LogP contribution in [0.1, 0.15) is 40.0 Å². The lowest BCUT2D eigenvalue weighted by Crippen LogP contribution is -2.45. The number of hydrogen-bond acceptors (Lipinski definition) is 7. The highest BCUT2D eigenvalue weighted by atomic mass is 32.2. The Morgan fingerprint density at radius 1 is 1.44 bits per heavy atom. The molecule has 25 heavy (non-hydrogen) atoms. The van der Waals surface area contributed by atoms with E-state index in [0.717, 1.165) is 0 Å². The zero-order chi connectivity index (χ0) is 18.6. The fourth-order valence-corrected chi connectivity index (χ4v) is 5.86. The predicted molar refractivity (Wildman–Crippen MR) is 85.3 cm³/mol. The Kier molecular flexibility index (Phi) is 4.12. The van der Waals surface area contributed by atoms with E-state index in [1.807, 2.05) is 13.0 Å². The van der Waals surface area contributed by atoms with E-state index in [9.17, 15) is 23.3 Å². The third-order valence-corrected chi connectivity index (χ3v) is 7.87. The van der Waals surface area contributed by atoms with Crippen molar-refractivity contribution in [3.8, 4) is 6.07 Å². The largest absolute Gasteiger partial charge is 0.458 e. The minimum absolute atomic E-state index is 0.125. The fourth-order valence-electron chi connectivity index (χ4n) is 4.02. The summed E-state index contributed by atoms with van der Waals surface area (Å²) in [6.45, 7) is 5.16. The van der Waals surface area contributed by atoms with Gasteiger partial charge in [0.15, 0.2) is 4.75 Å².